The number of hydrogen-bond donors (Lipinski definition) is 7. The Bertz CT molecular complexity index is 1780. The summed E-state index contributed by atoms with van der Waals surface area (Å²) in [5, 5.41) is 72.4. The second-order valence-electron chi connectivity index (χ2n) is 9.91. The normalized spacial score (nSPS) is 21.6. The van der Waals surface area contributed by atoms with Crippen LogP contribution in [0.3, 0.4) is 0 Å². The zero-order chi connectivity index (χ0) is 31.9. The Hall–Kier alpha value is -5.02. The van der Waals surface area contributed by atoms with E-state index in [0.717, 1.165) is 24.3 Å². The van der Waals surface area contributed by atoms with E-state index in [1.54, 1.807) is 0 Å². The summed E-state index contributed by atoms with van der Waals surface area (Å²) in [6.45, 7) is -0.802. The number of esters is 1. The number of aliphatic hydroxyl groups is 3. The summed E-state index contributed by atoms with van der Waals surface area (Å²) in [6, 6.07) is 9.51. The monoisotopic (exact) mass is 612 g/mol. The molecule has 44 heavy (non-hydrogen) atoms. The minimum Gasteiger partial charge on any atom is -0.507 e. The molecule has 1 saturated heterocycles. The summed E-state index contributed by atoms with van der Waals surface area (Å²) in [5.41, 5.74) is -1.53. The van der Waals surface area contributed by atoms with Gasteiger partial charge in [0.05, 0.1) is 32.0 Å². The Labute approximate surface area is 248 Å². The molecule has 0 unspecified atom stereocenters. The van der Waals surface area contributed by atoms with Crippen LogP contribution in [0.15, 0.2) is 57.7 Å². The van der Waals surface area contributed by atoms with E-state index in [4.69, 9.17) is 23.4 Å². The maximum atomic E-state index is 13.3. The van der Waals surface area contributed by atoms with Gasteiger partial charge in [-0.3, -0.25) is 4.79 Å². The smallest absolute Gasteiger partial charge is 0.338 e. The van der Waals surface area contributed by atoms with Gasteiger partial charge in [0, 0.05) is 17.7 Å². The van der Waals surface area contributed by atoms with Crippen LogP contribution in [-0.4, -0.2) is 87.0 Å². The van der Waals surface area contributed by atoms with Gasteiger partial charge in [-0.05, 0) is 36.4 Å². The van der Waals surface area contributed by atoms with Crippen LogP contribution < -0.4 is 14.9 Å². The summed E-state index contributed by atoms with van der Waals surface area (Å²) in [5.74, 6) is -3.02. The lowest BCUT2D eigenvalue weighted by Gasteiger charge is -2.42. The maximum Gasteiger partial charge on any atom is 0.338 e. The lowest BCUT2D eigenvalue weighted by Crippen LogP contribution is -2.56. The van der Waals surface area contributed by atoms with Crippen molar-refractivity contribution in [3.8, 4) is 45.8 Å². The summed E-state index contributed by atoms with van der Waals surface area (Å²) in [6.07, 6.45) is -8.53. The molecule has 1 aromatic heterocycles. The summed E-state index contributed by atoms with van der Waals surface area (Å²) >= 11 is 0. The van der Waals surface area contributed by atoms with Crippen LogP contribution >= 0.6 is 0 Å². The van der Waals surface area contributed by atoms with Crippen LogP contribution in [0.4, 0.5) is 0 Å². The average Bonchev–Trinajstić information content (AvgIpc) is 3.00. The fourth-order valence-electron chi connectivity index (χ4n) is 5.02. The highest BCUT2D eigenvalue weighted by Gasteiger charge is 2.49. The molecule has 2 heterocycles. The Morgan fingerprint density at radius 1 is 0.841 bits per heavy atom. The Kier molecular flexibility index (Phi) is 8.25. The van der Waals surface area contributed by atoms with Gasteiger partial charge in [-0.1, -0.05) is 0 Å². The molecule has 232 valence electrons. The zero-order valence-corrected chi connectivity index (χ0v) is 23.2. The van der Waals surface area contributed by atoms with Gasteiger partial charge in [-0.2, -0.15) is 0 Å². The molecule has 0 amide bonds. The minimum atomic E-state index is -1.89. The zero-order valence-electron chi connectivity index (χ0n) is 23.2. The van der Waals surface area contributed by atoms with Crippen LogP contribution in [0.2, 0.25) is 0 Å². The second kappa shape index (κ2) is 11.9. The molecule has 14 heteroatoms. The molecule has 4 aromatic rings. The molecule has 1 aliphatic rings. The first-order valence-corrected chi connectivity index (χ1v) is 13.1. The van der Waals surface area contributed by atoms with E-state index in [0.29, 0.717) is 5.75 Å². The third kappa shape index (κ3) is 5.31. The van der Waals surface area contributed by atoms with E-state index in [1.165, 1.54) is 38.5 Å². The summed E-state index contributed by atoms with van der Waals surface area (Å²) < 4.78 is 27.7. The van der Waals surface area contributed by atoms with Gasteiger partial charge >= 0.3 is 5.97 Å². The number of rotatable bonds is 7. The van der Waals surface area contributed by atoms with Crippen molar-refractivity contribution in [2.45, 2.75) is 30.5 Å². The SMILES string of the molecule is COc1ccc(C(=O)O[C@@H]2[C@@H](O)[C@H](O)[C@H](CO)O[C@H]2c2c(O)cc(O)c3c(=O)cc(-c4ccc(O)c(O)c4)oc23)cc1OC. The van der Waals surface area contributed by atoms with E-state index in [1.807, 2.05) is 0 Å². The second-order valence-corrected chi connectivity index (χ2v) is 9.91. The van der Waals surface area contributed by atoms with E-state index >= 15 is 0 Å². The number of phenols is 4. The number of methoxy groups -OCH3 is 2. The molecule has 0 saturated carbocycles. The Morgan fingerprint density at radius 3 is 2.23 bits per heavy atom. The predicted molar refractivity (Wildman–Crippen MR) is 150 cm³/mol. The number of aliphatic hydroxyl groups excluding tert-OH is 3. The Morgan fingerprint density at radius 2 is 1.57 bits per heavy atom. The highest BCUT2D eigenvalue weighted by molar-refractivity contribution is 5.91. The molecule has 0 aliphatic carbocycles. The van der Waals surface area contributed by atoms with Crippen LogP contribution in [0.5, 0.6) is 34.5 Å². The third-order valence-electron chi connectivity index (χ3n) is 7.27. The van der Waals surface area contributed by atoms with Gasteiger partial charge < -0.3 is 59.1 Å². The van der Waals surface area contributed by atoms with Crippen molar-refractivity contribution in [3.05, 3.63) is 69.9 Å². The van der Waals surface area contributed by atoms with Crippen LogP contribution in [-0.2, 0) is 9.47 Å². The topological polar surface area (TPSA) is 226 Å². The van der Waals surface area contributed by atoms with E-state index in [-0.39, 0.29) is 28.2 Å². The first-order chi connectivity index (χ1) is 21.0. The molecule has 14 nitrogen and oxygen atoms in total. The first-order valence-electron chi connectivity index (χ1n) is 13.1. The molecule has 0 radical (unpaired) electrons. The van der Waals surface area contributed by atoms with Gasteiger partial charge in [0.15, 0.2) is 40.1 Å². The fourth-order valence-corrected chi connectivity index (χ4v) is 5.02. The van der Waals surface area contributed by atoms with E-state index in [9.17, 15) is 45.3 Å². The van der Waals surface area contributed by atoms with E-state index in [2.05, 4.69) is 0 Å². The number of ether oxygens (including phenoxy) is 4. The van der Waals surface area contributed by atoms with Gasteiger partial charge in [-0.25, -0.2) is 4.79 Å². The van der Waals surface area contributed by atoms with Gasteiger partial charge in [0.25, 0.3) is 0 Å². The third-order valence-corrected chi connectivity index (χ3v) is 7.27. The highest BCUT2D eigenvalue weighted by atomic mass is 16.6. The number of carbonyl (C=O) groups excluding carboxylic acids is 1. The summed E-state index contributed by atoms with van der Waals surface area (Å²) in [7, 11) is 2.76. The first kappa shape index (κ1) is 30.4. The fraction of sp³-hybridized carbons (Fsp3) is 0.267. The molecule has 3 aromatic carbocycles. The van der Waals surface area contributed by atoms with Gasteiger partial charge in [0.2, 0.25) is 0 Å². The molecule has 1 aliphatic heterocycles. The minimum absolute atomic E-state index is 0.0480. The van der Waals surface area contributed by atoms with Crippen LogP contribution in [0, 0.1) is 0 Å². The van der Waals surface area contributed by atoms with E-state index < -0.39 is 82.5 Å². The predicted octanol–water partition coefficient (Wildman–Crippen LogP) is 1.68. The molecule has 7 N–H and O–H groups in total. The lowest BCUT2D eigenvalue weighted by atomic mass is 9.89. The van der Waals surface area contributed by atoms with Crippen molar-refractivity contribution in [3.63, 3.8) is 0 Å². The lowest BCUT2D eigenvalue weighted by molar-refractivity contribution is -0.231. The molecule has 0 bridgehead atoms. The van der Waals surface area contributed by atoms with Crippen LogP contribution in [0.1, 0.15) is 22.0 Å². The van der Waals surface area contributed by atoms with Crippen molar-refractivity contribution < 1.29 is 63.9 Å². The standard InChI is InChI=1S/C30H28O14/c1-40-19-6-4-13(8-21(19)41-2)30(39)44-29-26(38)25(37)22(11-31)43-28(29)24-17(35)9-16(34)23-18(36)10-20(42-27(23)24)12-3-5-14(32)15(33)7-12/h3-10,22,25-26,28-29,31-35,37-38H,11H2,1-2H3/t22-,25+,26-,28-,29+/m0/s1. The van der Waals surface area contributed by atoms with Crippen molar-refractivity contribution in [1.29, 1.82) is 0 Å². The highest BCUT2D eigenvalue weighted by Crippen LogP contribution is 2.45. The largest absolute Gasteiger partial charge is 0.507 e. The van der Waals surface area contributed by atoms with Crippen molar-refractivity contribution in [2.75, 3.05) is 20.8 Å². The number of aromatic hydroxyl groups is 4. The van der Waals surface area contributed by atoms with Crippen molar-refractivity contribution in [1.82, 2.24) is 0 Å². The summed E-state index contributed by atoms with van der Waals surface area (Å²) in [4.78, 5) is 26.5. The Balaban J connectivity index is 1.67. The molecule has 5 rings (SSSR count). The number of phenolic OH excluding ortho intramolecular Hbond substituents is 4. The number of hydrogen-bond acceptors (Lipinski definition) is 14. The number of fused-ring (bicyclic) bond motifs is 1. The molecule has 5 atom stereocenters. The average molecular weight is 613 g/mol. The van der Waals surface area contributed by atoms with Gasteiger partial charge in [0.1, 0.15) is 47.1 Å². The number of benzene rings is 3. The van der Waals surface area contributed by atoms with Gasteiger partial charge in [-0.15, -0.1) is 0 Å². The molecule has 0 spiro atoms. The maximum absolute atomic E-state index is 13.3. The molecular weight excluding hydrogens is 584 g/mol. The van der Waals surface area contributed by atoms with Crippen LogP contribution in [0.25, 0.3) is 22.3 Å². The van der Waals surface area contributed by atoms with Crippen molar-refractivity contribution >= 4 is 16.9 Å². The van der Waals surface area contributed by atoms with Crippen molar-refractivity contribution in [2.24, 2.45) is 0 Å². The molecule has 1 fully saturated rings. The quantitative estimate of drug-likeness (QED) is 0.116. The molecular formula is C30H28O14. The number of carbonyl (C=O) groups is 1.